The summed E-state index contributed by atoms with van der Waals surface area (Å²) < 4.78 is 5.53. The number of nitrogens with two attached hydrogens (primary N) is 1. The molecule has 0 aliphatic heterocycles. The van der Waals surface area contributed by atoms with Gasteiger partial charge in [0.15, 0.2) is 5.78 Å². The Morgan fingerprint density at radius 3 is 2.31 bits per heavy atom. The van der Waals surface area contributed by atoms with Gasteiger partial charge in [-0.1, -0.05) is 54.1 Å². The number of carbonyl (C=O) groups is 1. The molecule has 26 heavy (non-hydrogen) atoms. The highest BCUT2D eigenvalue weighted by molar-refractivity contribution is 5.96. The fourth-order valence-electron chi connectivity index (χ4n) is 2.59. The van der Waals surface area contributed by atoms with Gasteiger partial charge in [0.2, 0.25) is 0 Å². The third-order valence-corrected chi connectivity index (χ3v) is 4.33. The van der Waals surface area contributed by atoms with Gasteiger partial charge in [0.1, 0.15) is 0 Å². The fraction of sp³-hybridized carbons (Fsp3) is 0.409. The van der Waals surface area contributed by atoms with Crippen LogP contribution in [-0.4, -0.2) is 29.6 Å². The van der Waals surface area contributed by atoms with Crippen molar-refractivity contribution in [1.29, 1.82) is 0 Å². The van der Waals surface area contributed by atoms with E-state index in [0.717, 1.165) is 24.0 Å². The molecule has 0 amide bonds. The van der Waals surface area contributed by atoms with Crippen LogP contribution < -0.4 is 5.73 Å². The molecule has 0 heterocycles. The lowest BCUT2D eigenvalue weighted by Crippen LogP contribution is -2.44. The number of Topliss-reactive ketones (excluding diaryl/α,β-unsaturated/α-hetero) is 1. The SMILES string of the molecule is Cc1ccc(CCCC(=O)c2ccc(COCC(C)(N)CO)cc2)cc1. The maximum Gasteiger partial charge on any atom is 0.162 e. The van der Waals surface area contributed by atoms with Gasteiger partial charge < -0.3 is 15.6 Å². The summed E-state index contributed by atoms with van der Waals surface area (Å²) >= 11 is 0. The zero-order valence-corrected chi connectivity index (χ0v) is 15.7. The van der Waals surface area contributed by atoms with E-state index < -0.39 is 5.54 Å². The molecule has 0 saturated carbocycles. The van der Waals surface area contributed by atoms with Gasteiger partial charge in [-0.15, -0.1) is 0 Å². The summed E-state index contributed by atoms with van der Waals surface area (Å²) in [4.78, 5) is 12.3. The van der Waals surface area contributed by atoms with E-state index in [1.807, 2.05) is 24.3 Å². The number of aliphatic hydroxyl groups excluding tert-OH is 1. The number of benzene rings is 2. The molecule has 0 bridgehead atoms. The molecular weight excluding hydrogens is 326 g/mol. The molecule has 0 aliphatic rings. The molecule has 0 saturated heterocycles. The average molecular weight is 355 g/mol. The number of hydrogen-bond donors (Lipinski definition) is 2. The maximum atomic E-state index is 12.3. The third-order valence-electron chi connectivity index (χ3n) is 4.33. The molecule has 140 valence electrons. The molecule has 2 aromatic rings. The largest absolute Gasteiger partial charge is 0.394 e. The molecule has 4 heteroatoms. The molecule has 4 nitrogen and oxygen atoms in total. The van der Waals surface area contributed by atoms with Gasteiger partial charge in [0.05, 0.1) is 25.4 Å². The predicted molar refractivity (Wildman–Crippen MR) is 104 cm³/mol. The van der Waals surface area contributed by atoms with E-state index in [0.29, 0.717) is 13.0 Å². The summed E-state index contributed by atoms with van der Waals surface area (Å²) in [7, 11) is 0. The molecule has 0 aliphatic carbocycles. The summed E-state index contributed by atoms with van der Waals surface area (Å²) in [6.07, 6.45) is 2.31. The highest BCUT2D eigenvalue weighted by Gasteiger charge is 2.16. The van der Waals surface area contributed by atoms with Crippen molar-refractivity contribution in [2.24, 2.45) is 5.73 Å². The standard InChI is InChI=1S/C22H29NO3/c1-17-6-8-18(9-7-17)4-3-5-21(25)20-12-10-19(11-13-20)14-26-16-22(2,23)15-24/h6-13,24H,3-5,14-16,23H2,1-2H3. The van der Waals surface area contributed by atoms with Crippen molar-refractivity contribution < 1.29 is 14.6 Å². The Morgan fingerprint density at radius 1 is 1.08 bits per heavy atom. The Labute approximate surface area is 156 Å². The molecular formula is C22H29NO3. The molecule has 1 unspecified atom stereocenters. The Bertz CT molecular complexity index is 690. The molecule has 0 spiro atoms. The van der Waals surface area contributed by atoms with E-state index >= 15 is 0 Å². The number of carbonyl (C=O) groups excluding carboxylic acids is 1. The third kappa shape index (κ3) is 6.71. The van der Waals surface area contributed by atoms with Gasteiger partial charge >= 0.3 is 0 Å². The lowest BCUT2D eigenvalue weighted by Gasteiger charge is -2.21. The van der Waals surface area contributed by atoms with Crippen LogP contribution in [-0.2, 0) is 17.8 Å². The van der Waals surface area contributed by atoms with E-state index in [9.17, 15) is 4.79 Å². The second-order valence-corrected chi connectivity index (χ2v) is 7.26. The van der Waals surface area contributed by atoms with Crippen LogP contribution in [0.25, 0.3) is 0 Å². The normalized spacial score (nSPS) is 13.4. The molecule has 0 aromatic heterocycles. The number of aliphatic hydroxyl groups is 1. The number of rotatable bonds is 10. The second kappa shape index (κ2) is 9.62. The van der Waals surface area contributed by atoms with E-state index in [1.165, 1.54) is 11.1 Å². The lowest BCUT2D eigenvalue weighted by atomic mass is 10.0. The van der Waals surface area contributed by atoms with Crippen molar-refractivity contribution >= 4 is 5.78 Å². The van der Waals surface area contributed by atoms with E-state index in [1.54, 1.807) is 6.92 Å². The minimum absolute atomic E-state index is 0.122. The zero-order chi connectivity index (χ0) is 19.0. The highest BCUT2D eigenvalue weighted by Crippen LogP contribution is 2.12. The quantitative estimate of drug-likeness (QED) is 0.641. The lowest BCUT2D eigenvalue weighted by molar-refractivity contribution is 0.0535. The Morgan fingerprint density at radius 2 is 1.69 bits per heavy atom. The second-order valence-electron chi connectivity index (χ2n) is 7.26. The van der Waals surface area contributed by atoms with E-state index in [-0.39, 0.29) is 19.0 Å². The summed E-state index contributed by atoms with van der Waals surface area (Å²) in [6, 6.07) is 16.0. The molecule has 2 rings (SSSR count). The van der Waals surface area contributed by atoms with Gasteiger partial charge in [-0.25, -0.2) is 0 Å². The Kier molecular flexibility index (Phi) is 7.51. The first-order valence-electron chi connectivity index (χ1n) is 9.05. The van der Waals surface area contributed by atoms with Crippen LogP contribution in [0, 0.1) is 6.92 Å². The topological polar surface area (TPSA) is 72.5 Å². The van der Waals surface area contributed by atoms with Gasteiger partial charge in [-0.05, 0) is 37.8 Å². The van der Waals surface area contributed by atoms with Crippen LogP contribution in [0.1, 0.15) is 46.8 Å². The van der Waals surface area contributed by atoms with Crippen molar-refractivity contribution in [2.75, 3.05) is 13.2 Å². The van der Waals surface area contributed by atoms with Crippen molar-refractivity contribution in [2.45, 2.75) is 45.3 Å². The van der Waals surface area contributed by atoms with E-state index in [4.69, 9.17) is 15.6 Å². The van der Waals surface area contributed by atoms with Crippen molar-refractivity contribution in [3.63, 3.8) is 0 Å². The molecule has 2 aromatic carbocycles. The molecule has 1 atom stereocenters. The van der Waals surface area contributed by atoms with Crippen LogP contribution >= 0.6 is 0 Å². The first kappa shape index (κ1) is 20.3. The van der Waals surface area contributed by atoms with E-state index in [2.05, 4.69) is 31.2 Å². The number of ketones is 1. The van der Waals surface area contributed by atoms with Crippen molar-refractivity contribution in [3.8, 4) is 0 Å². The van der Waals surface area contributed by atoms with Crippen LogP contribution in [0.4, 0.5) is 0 Å². The number of hydrogen-bond acceptors (Lipinski definition) is 4. The minimum Gasteiger partial charge on any atom is -0.394 e. The maximum absolute atomic E-state index is 12.3. The zero-order valence-electron chi connectivity index (χ0n) is 15.7. The summed E-state index contributed by atoms with van der Waals surface area (Å²) in [5, 5.41) is 9.10. The fourth-order valence-corrected chi connectivity index (χ4v) is 2.59. The smallest absolute Gasteiger partial charge is 0.162 e. The summed E-state index contributed by atoms with van der Waals surface area (Å²) in [6.45, 7) is 4.38. The Balaban J connectivity index is 1.76. The predicted octanol–water partition coefficient (Wildman–Crippen LogP) is 3.43. The highest BCUT2D eigenvalue weighted by atomic mass is 16.5. The van der Waals surface area contributed by atoms with Gasteiger partial charge in [0, 0.05) is 12.0 Å². The summed E-state index contributed by atoms with van der Waals surface area (Å²) in [5.74, 6) is 0.166. The molecule has 0 radical (unpaired) electrons. The Hall–Kier alpha value is -2.01. The summed E-state index contributed by atoms with van der Waals surface area (Å²) in [5.41, 5.74) is 9.33. The van der Waals surface area contributed by atoms with Gasteiger partial charge in [-0.2, -0.15) is 0 Å². The molecule has 0 fully saturated rings. The first-order chi connectivity index (χ1) is 12.4. The monoisotopic (exact) mass is 355 g/mol. The van der Waals surface area contributed by atoms with Gasteiger partial charge in [0.25, 0.3) is 0 Å². The van der Waals surface area contributed by atoms with Crippen LogP contribution in [0.2, 0.25) is 0 Å². The van der Waals surface area contributed by atoms with Gasteiger partial charge in [-0.3, -0.25) is 4.79 Å². The number of ether oxygens (including phenoxy) is 1. The first-order valence-corrected chi connectivity index (χ1v) is 9.05. The number of aryl methyl sites for hydroxylation is 2. The average Bonchev–Trinajstić information content (AvgIpc) is 2.64. The molecule has 3 N–H and O–H groups in total. The van der Waals surface area contributed by atoms with Crippen LogP contribution in [0.3, 0.4) is 0 Å². The van der Waals surface area contributed by atoms with Crippen molar-refractivity contribution in [1.82, 2.24) is 0 Å². The van der Waals surface area contributed by atoms with Crippen LogP contribution in [0.15, 0.2) is 48.5 Å². The minimum atomic E-state index is -0.729. The van der Waals surface area contributed by atoms with Crippen LogP contribution in [0.5, 0.6) is 0 Å². The van der Waals surface area contributed by atoms with Crippen molar-refractivity contribution in [3.05, 3.63) is 70.8 Å².